The van der Waals surface area contributed by atoms with E-state index in [0.717, 1.165) is 39.4 Å². The first-order valence-electron chi connectivity index (χ1n) is 23.0. The van der Waals surface area contributed by atoms with Crippen LogP contribution in [0.2, 0.25) is 0 Å². The summed E-state index contributed by atoms with van der Waals surface area (Å²) in [5.41, 5.74) is 18.3. The Morgan fingerprint density at radius 3 is 1.26 bits per heavy atom. The molecule has 5 heterocycles. The van der Waals surface area contributed by atoms with Gasteiger partial charge in [-0.15, -0.1) is 0 Å². The van der Waals surface area contributed by atoms with Crippen molar-refractivity contribution in [3.8, 4) is 0 Å². The summed E-state index contributed by atoms with van der Waals surface area (Å²) in [6.45, 7) is 28.9. The number of fused-ring (bicyclic) bond motifs is 3. The lowest BCUT2D eigenvalue weighted by Gasteiger charge is -2.04. The van der Waals surface area contributed by atoms with Gasteiger partial charge in [-0.25, -0.2) is 19.9 Å². The minimum Gasteiger partial charge on any atom is -0.264 e. The van der Waals surface area contributed by atoms with E-state index in [-0.39, 0.29) is 0 Å². The molecule has 7 nitrogen and oxygen atoms in total. The Balaban J connectivity index is 0.000000175. The second-order valence-electron chi connectivity index (χ2n) is 17.0. The quantitative estimate of drug-likeness (QED) is 0.150. The average molecular weight is 900 g/mol. The molecule has 0 radical (unpaired) electrons. The molecule has 5 aromatic carbocycles. The van der Waals surface area contributed by atoms with E-state index in [0.29, 0.717) is 0 Å². The third kappa shape index (κ3) is 17.0. The zero-order valence-corrected chi connectivity index (χ0v) is 42.7. The Hall–Kier alpha value is -7.51. The van der Waals surface area contributed by atoms with Gasteiger partial charge in [0.15, 0.2) is 0 Å². The van der Waals surface area contributed by atoms with Crippen molar-refractivity contribution in [2.24, 2.45) is 0 Å². The first kappa shape index (κ1) is 53.1. The van der Waals surface area contributed by atoms with Crippen LogP contribution in [-0.4, -0.2) is 34.9 Å². The second-order valence-corrected chi connectivity index (χ2v) is 17.0. The van der Waals surface area contributed by atoms with Crippen LogP contribution in [0, 0.1) is 96.9 Å². The van der Waals surface area contributed by atoms with Crippen molar-refractivity contribution in [1.82, 2.24) is 34.9 Å². The predicted octanol–water partition coefficient (Wildman–Crippen LogP) is 15.3. The maximum Gasteiger partial charge on any atom is 0.115 e. The maximum atomic E-state index is 4.48. The topological polar surface area (TPSA) is 90.2 Å². The van der Waals surface area contributed by atoms with E-state index in [1.165, 1.54) is 71.4 Å². The highest BCUT2D eigenvalue weighted by Gasteiger charge is 1.99. The molecule has 0 atom stereocenters. The molecular formula is C61H69N7. The zero-order chi connectivity index (χ0) is 49.6. The van der Waals surface area contributed by atoms with Crippen molar-refractivity contribution in [1.29, 1.82) is 0 Å². The number of rotatable bonds is 0. The van der Waals surface area contributed by atoms with E-state index in [9.17, 15) is 0 Å². The number of benzene rings is 5. The van der Waals surface area contributed by atoms with Crippen LogP contribution in [0.4, 0.5) is 0 Å². The Morgan fingerprint density at radius 1 is 0.294 bits per heavy atom. The third-order valence-electron chi connectivity index (χ3n) is 11.9. The van der Waals surface area contributed by atoms with Gasteiger partial charge in [0.1, 0.15) is 12.7 Å². The summed E-state index contributed by atoms with van der Waals surface area (Å²) in [5, 5.41) is 6.60. The van der Waals surface area contributed by atoms with Gasteiger partial charge in [-0.1, -0.05) is 97.1 Å². The van der Waals surface area contributed by atoms with Gasteiger partial charge in [-0.3, -0.25) is 15.0 Å². The number of hydrogen-bond donors (Lipinski definition) is 0. The Labute approximate surface area is 406 Å². The Kier molecular flexibility index (Phi) is 21.2. The van der Waals surface area contributed by atoms with Crippen LogP contribution in [0.15, 0.2) is 165 Å². The van der Waals surface area contributed by atoms with Crippen molar-refractivity contribution in [2.45, 2.75) is 96.9 Å². The molecule has 7 heteroatoms. The minimum absolute atomic E-state index is 1.06. The molecule has 0 aliphatic heterocycles. The van der Waals surface area contributed by atoms with E-state index < -0.39 is 0 Å². The lowest BCUT2D eigenvalue weighted by Crippen LogP contribution is -1.87. The summed E-state index contributed by atoms with van der Waals surface area (Å²) in [5.74, 6) is 0. The fourth-order valence-corrected chi connectivity index (χ4v) is 6.35. The number of aromatic nitrogens is 7. The number of aryl methyl sites for hydroxylation is 14. The molecule has 10 aromatic rings. The first-order chi connectivity index (χ1) is 32.5. The molecule has 5 aromatic heterocycles. The number of para-hydroxylation sites is 1. The molecule has 0 aliphatic rings. The van der Waals surface area contributed by atoms with Crippen molar-refractivity contribution >= 4 is 32.4 Å². The maximum absolute atomic E-state index is 4.48. The van der Waals surface area contributed by atoms with Crippen molar-refractivity contribution in [2.75, 3.05) is 0 Å². The van der Waals surface area contributed by atoms with Gasteiger partial charge in [-0.2, -0.15) is 0 Å². The molecule has 68 heavy (non-hydrogen) atoms. The highest BCUT2D eigenvalue weighted by atomic mass is 14.8. The predicted molar refractivity (Wildman–Crippen MR) is 288 cm³/mol. The van der Waals surface area contributed by atoms with E-state index in [1.54, 1.807) is 12.7 Å². The largest absolute Gasteiger partial charge is 0.264 e. The molecule has 0 spiro atoms. The summed E-state index contributed by atoms with van der Waals surface area (Å²) >= 11 is 0. The molecule has 0 N–H and O–H groups in total. The summed E-state index contributed by atoms with van der Waals surface area (Å²) in [7, 11) is 0. The second kappa shape index (κ2) is 27.2. The van der Waals surface area contributed by atoms with Crippen LogP contribution < -0.4 is 0 Å². The molecule has 0 aliphatic carbocycles. The minimum atomic E-state index is 1.06. The molecule has 0 bridgehead atoms. The molecule has 10 rings (SSSR count). The van der Waals surface area contributed by atoms with Crippen LogP contribution in [0.5, 0.6) is 0 Å². The van der Waals surface area contributed by atoms with Crippen molar-refractivity contribution < 1.29 is 0 Å². The van der Waals surface area contributed by atoms with Gasteiger partial charge < -0.3 is 0 Å². The normalized spacial score (nSPS) is 9.91. The smallest absolute Gasteiger partial charge is 0.115 e. The monoisotopic (exact) mass is 900 g/mol. The van der Waals surface area contributed by atoms with E-state index in [1.807, 2.05) is 103 Å². The van der Waals surface area contributed by atoms with Crippen LogP contribution >= 0.6 is 0 Å². The highest BCUT2D eigenvalue weighted by molar-refractivity contribution is 5.86. The Bertz CT molecular complexity index is 2710. The summed E-state index contributed by atoms with van der Waals surface area (Å²) in [4.78, 5) is 28.1. The molecule has 0 unspecified atom stereocenters. The van der Waals surface area contributed by atoms with Gasteiger partial charge in [0.2, 0.25) is 0 Å². The standard InChI is InChI=1S/2C12H12.C11H11N.2C7H9N.2C6H8N2/c1-9-7-11-5-3-4-6-12(11)8-10(9)2;1-9-7-8-11-5-3-4-6-12(11)10(9)2;1-8-7-10-5-3-4-6-11(10)12-9(8)2;1-6-3-4-8-5-7(6)2;1-6-4-3-5-8-7(6)2;2*1-5-3-7-4-8-6(5)2/h2*3-8H,1-2H3;3-7H,1-2H3;2*3-5H,1-2H3;2*3-4H,1-2H3. The van der Waals surface area contributed by atoms with Crippen molar-refractivity contribution in [3.63, 3.8) is 0 Å². The molecular weight excluding hydrogens is 831 g/mol. The third-order valence-corrected chi connectivity index (χ3v) is 11.9. The molecule has 0 saturated carbocycles. The number of nitrogens with zero attached hydrogens (tertiary/aromatic N) is 7. The van der Waals surface area contributed by atoms with Gasteiger partial charge in [-0.05, 0) is 198 Å². The fourth-order valence-electron chi connectivity index (χ4n) is 6.35. The molecule has 348 valence electrons. The first-order valence-corrected chi connectivity index (χ1v) is 23.0. The lowest BCUT2D eigenvalue weighted by molar-refractivity contribution is 1.06. The van der Waals surface area contributed by atoms with Crippen LogP contribution in [0.3, 0.4) is 0 Å². The number of hydrogen-bond acceptors (Lipinski definition) is 7. The lowest BCUT2D eigenvalue weighted by atomic mass is 10.0. The summed E-state index contributed by atoms with van der Waals surface area (Å²) in [6.07, 6.45) is 12.2. The average Bonchev–Trinajstić information content (AvgIpc) is 3.34. The Morgan fingerprint density at radius 2 is 0.794 bits per heavy atom. The van der Waals surface area contributed by atoms with Crippen LogP contribution in [0.1, 0.15) is 78.4 Å². The molecule has 0 fully saturated rings. The zero-order valence-electron chi connectivity index (χ0n) is 42.7. The highest BCUT2D eigenvalue weighted by Crippen LogP contribution is 2.21. The van der Waals surface area contributed by atoms with E-state index in [2.05, 4.69) is 181 Å². The fraction of sp³-hybridized carbons (Fsp3) is 0.230. The molecule has 0 amide bonds. The van der Waals surface area contributed by atoms with Crippen LogP contribution in [-0.2, 0) is 0 Å². The molecule has 0 saturated heterocycles. The van der Waals surface area contributed by atoms with E-state index in [4.69, 9.17) is 0 Å². The van der Waals surface area contributed by atoms with Crippen LogP contribution in [0.25, 0.3) is 32.4 Å². The number of pyridine rings is 3. The van der Waals surface area contributed by atoms with E-state index >= 15 is 0 Å². The summed E-state index contributed by atoms with van der Waals surface area (Å²) in [6, 6.07) is 42.2. The summed E-state index contributed by atoms with van der Waals surface area (Å²) < 4.78 is 0. The van der Waals surface area contributed by atoms with Gasteiger partial charge >= 0.3 is 0 Å². The van der Waals surface area contributed by atoms with Gasteiger partial charge in [0.05, 0.1) is 5.52 Å². The van der Waals surface area contributed by atoms with Gasteiger partial charge in [0, 0.05) is 59.1 Å². The SMILES string of the molecule is Cc1cc2ccccc2cc1C.Cc1cc2ccccc2nc1C.Cc1ccc2ccccc2c1C.Cc1cccnc1C.Cc1ccncc1C.Cc1cncnc1C.Cc1cncnc1C. The van der Waals surface area contributed by atoms with Gasteiger partial charge in [0.25, 0.3) is 0 Å². The van der Waals surface area contributed by atoms with Crippen molar-refractivity contribution in [3.05, 3.63) is 243 Å².